The molecule has 0 amide bonds. The third-order valence-electron chi connectivity index (χ3n) is 5.09. The van der Waals surface area contributed by atoms with Crippen molar-refractivity contribution in [2.45, 2.75) is 24.7 Å². The Morgan fingerprint density at radius 1 is 0.950 bits per heavy atom. The number of piperazine rings is 1. The molecule has 4 heteroatoms. The number of hydrogen-bond donors (Lipinski definition) is 2. The Labute approximate surface area is 121 Å². The van der Waals surface area contributed by atoms with Crippen molar-refractivity contribution < 1.29 is 0 Å². The minimum atomic E-state index is -0.0435. The Morgan fingerprint density at radius 3 is 2.70 bits per heavy atom. The maximum Gasteiger partial charge on any atom is 0.127 e. The van der Waals surface area contributed by atoms with Crippen LogP contribution in [0.2, 0.25) is 0 Å². The molecule has 0 unspecified atom stereocenters. The van der Waals surface area contributed by atoms with Gasteiger partial charge in [-0.3, -0.25) is 20.4 Å². The Morgan fingerprint density at radius 2 is 1.80 bits per heavy atom. The second-order valence-corrected chi connectivity index (χ2v) is 6.15. The maximum atomic E-state index is 3.87. The van der Waals surface area contributed by atoms with Gasteiger partial charge >= 0.3 is 0 Å². The molecule has 0 aromatic heterocycles. The van der Waals surface area contributed by atoms with Gasteiger partial charge in [-0.1, -0.05) is 30.3 Å². The predicted molar refractivity (Wildman–Crippen MR) is 80.3 cm³/mol. The number of rotatable bonds is 1. The molecule has 3 heterocycles. The molecule has 3 aliphatic heterocycles. The SMILES string of the molecule is c1ccc([C@@]23NCCCN2CCN2CCCN[C@H]23)cc1. The molecule has 0 saturated carbocycles. The molecule has 2 N–H and O–H groups in total. The second kappa shape index (κ2) is 5.11. The van der Waals surface area contributed by atoms with E-state index in [1.54, 1.807) is 0 Å². The highest BCUT2D eigenvalue weighted by Crippen LogP contribution is 2.37. The summed E-state index contributed by atoms with van der Waals surface area (Å²) >= 11 is 0. The molecular formula is C16H24N4. The van der Waals surface area contributed by atoms with Crippen LogP contribution in [-0.4, -0.2) is 55.2 Å². The molecular weight excluding hydrogens is 248 g/mol. The van der Waals surface area contributed by atoms with E-state index >= 15 is 0 Å². The molecule has 0 spiro atoms. The van der Waals surface area contributed by atoms with Crippen molar-refractivity contribution in [1.29, 1.82) is 0 Å². The lowest BCUT2D eigenvalue weighted by Gasteiger charge is -2.60. The Kier molecular flexibility index (Phi) is 3.27. The lowest BCUT2D eigenvalue weighted by atomic mass is 9.87. The molecule has 2 atom stereocenters. The van der Waals surface area contributed by atoms with Crippen LogP contribution >= 0.6 is 0 Å². The van der Waals surface area contributed by atoms with Crippen molar-refractivity contribution in [1.82, 2.24) is 20.4 Å². The van der Waals surface area contributed by atoms with Gasteiger partial charge in [0.05, 0.1) is 6.17 Å². The number of nitrogens with zero attached hydrogens (tertiary/aromatic N) is 2. The van der Waals surface area contributed by atoms with Gasteiger partial charge in [-0.25, -0.2) is 0 Å². The highest BCUT2D eigenvalue weighted by Gasteiger charge is 2.52. The number of nitrogens with one attached hydrogen (secondary N) is 2. The van der Waals surface area contributed by atoms with Gasteiger partial charge in [0.25, 0.3) is 0 Å². The molecule has 3 aliphatic rings. The first-order valence-corrected chi connectivity index (χ1v) is 7.94. The average Bonchev–Trinajstić information content (AvgIpc) is 2.55. The lowest BCUT2D eigenvalue weighted by Crippen LogP contribution is -2.78. The predicted octanol–water partition coefficient (Wildman–Crippen LogP) is 0.770. The standard InChI is InChI=1S/C16H24N4/c1-2-6-14(7-3-1)16-15-17-8-4-10-19(15)12-13-20(16)11-5-9-18-16/h1-3,6-7,15,17-18H,4-5,8-13H2/t15-,16-/m1/s1. The van der Waals surface area contributed by atoms with Gasteiger partial charge in [0.1, 0.15) is 5.66 Å². The van der Waals surface area contributed by atoms with Crippen molar-refractivity contribution in [2.75, 3.05) is 39.3 Å². The Balaban J connectivity index is 1.79. The van der Waals surface area contributed by atoms with Gasteiger partial charge in [0, 0.05) is 26.2 Å². The minimum absolute atomic E-state index is 0.0435. The van der Waals surface area contributed by atoms with Crippen molar-refractivity contribution in [2.24, 2.45) is 0 Å². The van der Waals surface area contributed by atoms with Gasteiger partial charge in [0.2, 0.25) is 0 Å². The van der Waals surface area contributed by atoms with Gasteiger partial charge in [-0.2, -0.15) is 0 Å². The zero-order valence-electron chi connectivity index (χ0n) is 12.0. The van der Waals surface area contributed by atoms with Crippen LogP contribution in [0.5, 0.6) is 0 Å². The van der Waals surface area contributed by atoms with Crippen molar-refractivity contribution in [3.63, 3.8) is 0 Å². The molecule has 0 aliphatic carbocycles. The van der Waals surface area contributed by atoms with Crippen molar-refractivity contribution >= 4 is 0 Å². The molecule has 0 radical (unpaired) electrons. The summed E-state index contributed by atoms with van der Waals surface area (Å²) in [5.74, 6) is 0. The summed E-state index contributed by atoms with van der Waals surface area (Å²) in [5.41, 5.74) is 1.36. The van der Waals surface area contributed by atoms with E-state index in [0.717, 1.165) is 13.1 Å². The molecule has 3 saturated heterocycles. The van der Waals surface area contributed by atoms with Gasteiger partial charge in [-0.15, -0.1) is 0 Å². The summed E-state index contributed by atoms with van der Waals surface area (Å²) in [6.45, 7) is 7.02. The summed E-state index contributed by atoms with van der Waals surface area (Å²) in [4.78, 5) is 5.29. The maximum absolute atomic E-state index is 3.87. The minimum Gasteiger partial charge on any atom is -0.299 e. The largest absolute Gasteiger partial charge is 0.299 e. The third-order valence-corrected chi connectivity index (χ3v) is 5.09. The quantitative estimate of drug-likeness (QED) is 0.790. The van der Waals surface area contributed by atoms with E-state index in [1.807, 2.05) is 0 Å². The zero-order valence-corrected chi connectivity index (χ0v) is 12.0. The molecule has 1 aromatic carbocycles. The first-order valence-electron chi connectivity index (χ1n) is 7.94. The normalized spacial score (nSPS) is 35.3. The van der Waals surface area contributed by atoms with Crippen LogP contribution in [0.4, 0.5) is 0 Å². The van der Waals surface area contributed by atoms with Gasteiger partial charge in [0.15, 0.2) is 0 Å². The van der Waals surface area contributed by atoms with Crippen molar-refractivity contribution in [3.8, 4) is 0 Å². The summed E-state index contributed by atoms with van der Waals surface area (Å²) in [5, 5.41) is 7.65. The van der Waals surface area contributed by atoms with Crippen molar-refractivity contribution in [3.05, 3.63) is 35.9 Å². The van der Waals surface area contributed by atoms with Crippen LogP contribution < -0.4 is 10.6 Å². The third kappa shape index (κ3) is 1.83. The van der Waals surface area contributed by atoms with Crippen LogP contribution in [0, 0.1) is 0 Å². The lowest BCUT2D eigenvalue weighted by molar-refractivity contribution is -0.116. The van der Waals surface area contributed by atoms with E-state index in [-0.39, 0.29) is 5.66 Å². The fourth-order valence-corrected chi connectivity index (χ4v) is 4.21. The molecule has 4 nitrogen and oxygen atoms in total. The van der Waals surface area contributed by atoms with Crippen LogP contribution in [0.3, 0.4) is 0 Å². The molecule has 20 heavy (non-hydrogen) atoms. The summed E-state index contributed by atoms with van der Waals surface area (Å²) in [7, 11) is 0. The molecule has 0 bridgehead atoms. The second-order valence-electron chi connectivity index (χ2n) is 6.15. The highest BCUT2D eigenvalue weighted by atomic mass is 15.5. The smallest absolute Gasteiger partial charge is 0.127 e. The molecule has 4 rings (SSSR count). The van der Waals surface area contributed by atoms with E-state index in [2.05, 4.69) is 50.8 Å². The van der Waals surface area contributed by atoms with E-state index in [9.17, 15) is 0 Å². The fraction of sp³-hybridized carbons (Fsp3) is 0.625. The first kappa shape index (κ1) is 12.8. The van der Waals surface area contributed by atoms with Crippen LogP contribution in [0.25, 0.3) is 0 Å². The summed E-state index contributed by atoms with van der Waals surface area (Å²) < 4.78 is 0. The fourth-order valence-electron chi connectivity index (χ4n) is 4.21. The van der Waals surface area contributed by atoms with E-state index in [1.165, 1.54) is 44.6 Å². The zero-order chi connectivity index (χ0) is 13.4. The summed E-state index contributed by atoms with van der Waals surface area (Å²) in [6.07, 6.45) is 2.91. The Bertz CT molecular complexity index is 463. The van der Waals surface area contributed by atoms with Gasteiger partial charge in [-0.05, 0) is 31.5 Å². The number of hydrogen-bond acceptors (Lipinski definition) is 4. The first-order chi connectivity index (χ1) is 9.91. The van der Waals surface area contributed by atoms with Crippen LogP contribution in [0.15, 0.2) is 30.3 Å². The van der Waals surface area contributed by atoms with E-state index in [0.29, 0.717) is 6.17 Å². The van der Waals surface area contributed by atoms with Crippen LogP contribution in [0.1, 0.15) is 18.4 Å². The average molecular weight is 272 g/mol. The Hall–Kier alpha value is -0.940. The monoisotopic (exact) mass is 272 g/mol. The molecule has 108 valence electrons. The van der Waals surface area contributed by atoms with E-state index in [4.69, 9.17) is 0 Å². The number of fused-ring (bicyclic) bond motifs is 3. The topological polar surface area (TPSA) is 30.5 Å². The van der Waals surface area contributed by atoms with E-state index < -0.39 is 0 Å². The molecule has 1 aromatic rings. The van der Waals surface area contributed by atoms with Crippen LogP contribution in [-0.2, 0) is 5.66 Å². The number of benzene rings is 1. The van der Waals surface area contributed by atoms with Gasteiger partial charge < -0.3 is 0 Å². The summed E-state index contributed by atoms with van der Waals surface area (Å²) in [6, 6.07) is 11.0. The highest BCUT2D eigenvalue weighted by molar-refractivity contribution is 5.28. The molecule has 3 fully saturated rings.